The molecule has 2 heterocycles. The highest BCUT2D eigenvalue weighted by molar-refractivity contribution is 5.98. The van der Waals surface area contributed by atoms with Crippen LogP contribution in [0.1, 0.15) is 33.6 Å². The maximum Gasteiger partial charge on any atom is 0.326 e. The van der Waals surface area contributed by atoms with Gasteiger partial charge < -0.3 is 14.7 Å². The van der Waals surface area contributed by atoms with Crippen LogP contribution >= 0.6 is 0 Å². The van der Waals surface area contributed by atoms with Crippen molar-refractivity contribution in [3.8, 4) is 5.69 Å². The van der Waals surface area contributed by atoms with E-state index in [0.717, 1.165) is 16.8 Å². The number of aliphatic carboxylic acids is 1. The lowest BCUT2D eigenvalue weighted by molar-refractivity contribution is -0.141. The van der Waals surface area contributed by atoms with Crippen LogP contribution in [0.15, 0.2) is 24.4 Å². The molecule has 1 amide bonds. The summed E-state index contributed by atoms with van der Waals surface area (Å²) in [6.45, 7) is 6.07. The Labute approximate surface area is 152 Å². The minimum Gasteiger partial charge on any atom is -0.480 e. The number of aryl methyl sites for hydroxylation is 2. The number of carboxylic acid groups (broad SMARTS) is 1. The molecule has 0 bridgehead atoms. The van der Waals surface area contributed by atoms with Crippen LogP contribution in [0, 0.1) is 20.8 Å². The van der Waals surface area contributed by atoms with Crippen LogP contribution in [0.25, 0.3) is 5.69 Å². The first kappa shape index (κ1) is 18.1. The van der Waals surface area contributed by atoms with E-state index in [-0.39, 0.29) is 18.6 Å². The Bertz CT molecular complexity index is 858. The maximum atomic E-state index is 13.0. The predicted molar refractivity (Wildman–Crippen MR) is 95.6 cm³/mol. The van der Waals surface area contributed by atoms with Gasteiger partial charge in [0.1, 0.15) is 6.04 Å². The number of hydrogen-bond acceptors (Lipinski definition) is 4. The number of aromatic nitrogens is 2. The summed E-state index contributed by atoms with van der Waals surface area (Å²) in [6, 6.07) is 5.17. The fraction of sp³-hybridized carbons (Fsp3) is 0.421. The van der Waals surface area contributed by atoms with Crippen molar-refractivity contribution in [2.75, 3.05) is 13.7 Å². The minimum absolute atomic E-state index is 0.264. The van der Waals surface area contributed by atoms with Crippen LogP contribution in [-0.4, -0.2) is 57.5 Å². The highest BCUT2D eigenvalue weighted by Gasteiger charge is 2.40. The van der Waals surface area contributed by atoms with Crippen molar-refractivity contribution >= 4 is 11.9 Å². The zero-order valence-electron chi connectivity index (χ0n) is 15.4. The van der Waals surface area contributed by atoms with Crippen molar-refractivity contribution in [1.82, 2.24) is 14.7 Å². The summed E-state index contributed by atoms with van der Waals surface area (Å²) in [4.78, 5) is 25.9. The van der Waals surface area contributed by atoms with Gasteiger partial charge in [-0.3, -0.25) is 4.79 Å². The van der Waals surface area contributed by atoms with E-state index >= 15 is 0 Å². The third-order valence-corrected chi connectivity index (χ3v) is 4.97. The SMILES string of the molecule is COC1CC(C(=O)O)N(C(=O)c2cnn(-c3cc(C)ccc3C)c2C)C1. The zero-order valence-corrected chi connectivity index (χ0v) is 15.4. The number of benzene rings is 1. The normalized spacial score (nSPS) is 19.8. The fourth-order valence-corrected chi connectivity index (χ4v) is 3.39. The van der Waals surface area contributed by atoms with Gasteiger partial charge in [0.05, 0.1) is 29.2 Å². The van der Waals surface area contributed by atoms with Crippen LogP contribution in [0.3, 0.4) is 0 Å². The molecule has 1 aromatic heterocycles. The molecule has 1 aromatic carbocycles. The Morgan fingerprint density at radius 1 is 1.27 bits per heavy atom. The molecule has 7 nitrogen and oxygen atoms in total. The van der Waals surface area contributed by atoms with E-state index in [2.05, 4.69) is 5.10 Å². The highest BCUT2D eigenvalue weighted by atomic mass is 16.5. The summed E-state index contributed by atoms with van der Waals surface area (Å²) in [5.41, 5.74) is 4.15. The van der Waals surface area contributed by atoms with Gasteiger partial charge in [-0.25, -0.2) is 9.48 Å². The molecule has 2 aromatic rings. The first-order chi connectivity index (χ1) is 12.3. The van der Waals surface area contributed by atoms with Crippen molar-refractivity contribution < 1.29 is 19.4 Å². The Hall–Kier alpha value is -2.67. The van der Waals surface area contributed by atoms with Crippen molar-refractivity contribution in [1.29, 1.82) is 0 Å². The molecule has 0 aliphatic carbocycles. The Balaban J connectivity index is 1.95. The van der Waals surface area contributed by atoms with Crippen LogP contribution in [0.4, 0.5) is 0 Å². The number of methoxy groups -OCH3 is 1. The molecule has 0 saturated carbocycles. The molecule has 3 rings (SSSR count). The molecule has 1 N–H and O–H groups in total. The van der Waals surface area contributed by atoms with E-state index in [1.807, 2.05) is 39.0 Å². The van der Waals surface area contributed by atoms with Gasteiger partial charge in [-0.1, -0.05) is 12.1 Å². The van der Waals surface area contributed by atoms with Gasteiger partial charge in [0.2, 0.25) is 0 Å². The average Bonchev–Trinajstić information content (AvgIpc) is 3.20. The molecule has 138 valence electrons. The van der Waals surface area contributed by atoms with E-state index in [0.29, 0.717) is 17.7 Å². The molecule has 0 radical (unpaired) electrons. The van der Waals surface area contributed by atoms with Gasteiger partial charge in [-0.2, -0.15) is 5.10 Å². The summed E-state index contributed by atoms with van der Waals surface area (Å²) in [6.07, 6.45) is 1.54. The molecule has 7 heteroatoms. The molecule has 0 spiro atoms. The Morgan fingerprint density at radius 2 is 2.00 bits per heavy atom. The standard InChI is InChI=1S/C19H23N3O4/c1-11-5-6-12(2)16(7-11)22-13(3)15(9-20-22)18(23)21-10-14(26-4)8-17(21)19(24)25/h5-7,9,14,17H,8,10H2,1-4H3,(H,24,25). The van der Waals surface area contributed by atoms with Gasteiger partial charge in [0.25, 0.3) is 5.91 Å². The zero-order chi connectivity index (χ0) is 19.0. The van der Waals surface area contributed by atoms with E-state index < -0.39 is 12.0 Å². The molecule has 1 saturated heterocycles. The molecule has 26 heavy (non-hydrogen) atoms. The predicted octanol–water partition coefficient (Wildman–Crippen LogP) is 2.11. The quantitative estimate of drug-likeness (QED) is 0.906. The monoisotopic (exact) mass is 357 g/mol. The summed E-state index contributed by atoms with van der Waals surface area (Å²) >= 11 is 0. The summed E-state index contributed by atoms with van der Waals surface area (Å²) in [5.74, 6) is -1.34. The largest absolute Gasteiger partial charge is 0.480 e. The number of amides is 1. The second-order valence-electron chi connectivity index (χ2n) is 6.75. The van der Waals surface area contributed by atoms with Crippen molar-refractivity contribution in [2.45, 2.75) is 39.3 Å². The summed E-state index contributed by atoms with van der Waals surface area (Å²) < 4.78 is 6.99. The number of nitrogens with zero attached hydrogens (tertiary/aromatic N) is 3. The molecule has 2 unspecified atom stereocenters. The van der Waals surface area contributed by atoms with Crippen LogP contribution in [0.2, 0.25) is 0 Å². The summed E-state index contributed by atoms with van der Waals surface area (Å²) in [7, 11) is 1.53. The van der Waals surface area contributed by atoms with E-state index in [9.17, 15) is 14.7 Å². The number of hydrogen-bond donors (Lipinski definition) is 1. The van der Waals surface area contributed by atoms with Gasteiger partial charge in [0, 0.05) is 20.1 Å². The lowest BCUT2D eigenvalue weighted by Crippen LogP contribution is -2.40. The van der Waals surface area contributed by atoms with Crippen molar-refractivity contribution in [2.24, 2.45) is 0 Å². The van der Waals surface area contributed by atoms with E-state index in [1.54, 1.807) is 4.68 Å². The van der Waals surface area contributed by atoms with Gasteiger partial charge >= 0.3 is 5.97 Å². The molecule has 1 aliphatic heterocycles. The third-order valence-electron chi connectivity index (χ3n) is 4.97. The second-order valence-corrected chi connectivity index (χ2v) is 6.75. The van der Waals surface area contributed by atoms with Crippen LogP contribution in [0.5, 0.6) is 0 Å². The number of carboxylic acids is 1. The molecule has 1 fully saturated rings. The van der Waals surface area contributed by atoms with Crippen LogP contribution in [-0.2, 0) is 9.53 Å². The number of carbonyl (C=O) groups excluding carboxylic acids is 1. The topological polar surface area (TPSA) is 84.7 Å². The number of likely N-dealkylation sites (tertiary alicyclic amines) is 1. The van der Waals surface area contributed by atoms with Gasteiger partial charge in [-0.15, -0.1) is 0 Å². The van der Waals surface area contributed by atoms with Gasteiger partial charge in [0.15, 0.2) is 0 Å². The first-order valence-corrected chi connectivity index (χ1v) is 8.52. The third kappa shape index (κ3) is 3.10. The van der Waals surface area contributed by atoms with E-state index in [4.69, 9.17) is 4.74 Å². The average molecular weight is 357 g/mol. The van der Waals surface area contributed by atoms with Crippen molar-refractivity contribution in [3.63, 3.8) is 0 Å². The number of rotatable bonds is 4. The Morgan fingerprint density at radius 3 is 2.65 bits per heavy atom. The van der Waals surface area contributed by atoms with Gasteiger partial charge in [-0.05, 0) is 38.0 Å². The van der Waals surface area contributed by atoms with Crippen LogP contribution < -0.4 is 0 Å². The molecule has 1 aliphatic rings. The number of carbonyl (C=O) groups is 2. The first-order valence-electron chi connectivity index (χ1n) is 8.52. The van der Waals surface area contributed by atoms with E-state index in [1.165, 1.54) is 18.2 Å². The lowest BCUT2D eigenvalue weighted by Gasteiger charge is -2.21. The fourth-order valence-electron chi connectivity index (χ4n) is 3.39. The molecular formula is C19H23N3O4. The second kappa shape index (κ2) is 6.92. The maximum absolute atomic E-state index is 13.0. The Kier molecular flexibility index (Phi) is 4.82. The lowest BCUT2D eigenvalue weighted by atomic mass is 10.1. The smallest absolute Gasteiger partial charge is 0.326 e. The molecular weight excluding hydrogens is 334 g/mol. The summed E-state index contributed by atoms with van der Waals surface area (Å²) in [5, 5.41) is 13.8. The molecule has 2 atom stereocenters. The van der Waals surface area contributed by atoms with Crippen molar-refractivity contribution in [3.05, 3.63) is 46.8 Å². The highest BCUT2D eigenvalue weighted by Crippen LogP contribution is 2.25. The number of ether oxygens (including phenoxy) is 1. The minimum atomic E-state index is -1.02.